The normalized spacial score (nSPS) is 17.0. The average molecular weight is 304 g/mol. The van der Waals surface area contributed by atoms with Crippen LogP contribution in [0.2, 0.25) is 0 Å². The van der Waals surface area contributed by atoms with Crippen LogP contribution in [0.25, 0.3) is 6.08 Å². The number of aryl methyl sites for hydroxylation is 1. The molecule has 1 heteroatoms. The molecule has 2 aromatic rings. The smallest absolute Gasteiger partial charge is 0.189 e. The molecule has 0 saturated carbocycles. The predicted octanol–water partition coefficient (Wildman–Crippen LogP) is 5.59. The Kier molecular flexibility index (Phi) is 4.21. The Hall–Kier alpha value is -2.15. The van der Waals surface area contributed by atoms with Crippen molar-refractivity contribution in [3.63, 3.8) is 0 Å². The van der Waals surface area contributed by atoms with Gasteiger partial charge in [-0.25, -0.2) is 0 Å². The molecular weight excluding hydrogens is 280 g/mol. The Morgan fingerprint density at radius 2 is 1.61 bits per heavy atom. The van der Waals surface area contributed by atoms with Crippen LogP contribution in [0.3, 0.4) is 0 Å². The summed E-state index contributed by atoms with van der Waals surface area (Å²) in [5, 5.41) is 0. The van der Waals surface area contributed by atoms with E-state index in [9.17, 15) is 4.79 Å². The van der Waals surface area contributed by atoms with Crippen LogP contribution in [-0.4, -0.2) is 5.78 Å². The molecule has 23 heavy (non-hydrogen) atoms. The second-order valence-electron chi connectivity index (χ2n) is 7.38. The predicted molar refractivity (Wildman–Crippen MR) is 96.8 cm³/mol. The van der Waals surface area contributed by atoms with Crippen molar-refractivity contribution >= 4 is 11.9 Å². The number of ketones is 1. The highest BCUT2D eigenvalue weighted by atomic mass is 16.1. The molecule has 0 bridgehead atoms. The maximum atomic E-state index is 12.8. The zero-order chi connectivity index (χ0) is 16.4. The number of allylic oxidation sites excluding steroid dienone is 1. The van der Waals surface area contributed by atoms with Gasteiger partial charge in [0.1, 0.15) is 0 Å². The Labute approximate surface area is 139 Å². The van der Waals surface area contributed by atoms with E-state index in [2.05, 4.69) is 57.2 Å². The van der Waals surface area contributed by atoms with E-state index < -0.39 is 0 Å². The third kappa shape index (κ3) is 3.44. The topological polar surface area (TPSA) is 17.1 Å². The molecule has 0 unspecified atom stereocenters. The van der Waals surface area contributed by atoms with Crippen molar-refractivity contribution in [2.24, 2.45) is 0 Å². The summed E-state index contributed by atoms with van der Waals surface area (Å²) in [6, 6.07) is 16.6. The zero-order valence-corrected chi connectivity index (χ0v) is 14.2. The first-order chi connectivity index (χ1) is 10.9. The van der Waals surface area contributed by atoms with Gasteiger partial charge in [0.2, 0.25) is 0 Å². The second-order valence-corrected chi connectivity index (χ2v) is 7.38. The number of benzene rings is 2. The van der Waals surface area contributed by atoms with Gasteiger partial charge < -0.3 is 0 Å². The highest BCUT2D eigenvalue weighted by Gasteiger charge is 2.19. The van der Waals surface area contributed by atoms with E-state index in [1.54, 1.807) is 0 Å². The van der Waals surface area contributed by atoms with Crippen LogP contribution in [0.5, 0.6) is 0 Å². The van der Waals surface area contributed by atoms with Gasteiger partial charge in [-0.1, -0.05) is 69.3 Å². The maximum Gasteiger partial charge on any atom is 0.189 e. The molecule has 0 atom stereocenters. The van der Waals surface area contributed by atoms with Crippen molar-refractivity contribution in [1.82, 2.24) is 0 Å². The molecule has 1 aliphatic rings. The number of Topliss-reactive ketones (excluding diaryl/α,β-unsaturated/α-hetero) is 1. The average Bonchev–Trinajstić information content (AvgIpc) is 2.67. The van der Waals surface area contributed by atoms with Crippen molar-refractivity contribution < 1.29 is 4.79 Å². The first kappa shape index (κ1) is 15.7. The number of hydrogen-bond acceptors (Lipinski definition) is 1. The lowest BCUT2D eigenvalue weighted by Gasteiger charge is -2.18. The van der Waals surface area contributed by atoms with Crippen LogP contribution < -0.4 is 0 Å². The molecule has 0 fully saturated rings. The minimum atomic E-state index is 0.156. The van der Waals surface area contributed by atoms with Gasteiger partial charge in [-0.2, -0.15) is 0 Å². The SMILES string of the molecule is CC(C)(C)c1ccc(/C=C2/CCCc3ccccc3C2=O)cc1. The van der Waals surface area contributed by atoms with Gasteiger partial charge in [-0.15, -0.1) is 0 Å². The van der Waals surface area contributed by atoms with Crippen LogP contribution in [-0.2, 0) is 11.8 Å². The second kappa shape index (κ2) is 6.16. The zero-order valence-electron chi connectivity index (χ0n) is 14.2. The largest absolute Gasteiger partial charge is 0.289 e. The number of hydrogen-bond donors (Lipinski definition) is 0. The van der Waals surface area contributed by atoms with E-state index in [0.29, 0.717) is 0 Å². The molecule has 0 saturated heterocycles. The summed E-state index contributed by atoms with van der Waals surface area (Å²) in [6.45, 7) is 6.64. The molecule has 118 valence electrons. The van der Waals surface area contributed by atoms with Gasteiger partial charge in [-0.3, -0.25) is 4.79 Å². The van der Waals surface area contributed by atoms with Gasteiger partial charge in [0, 0.05) is 11.1 Å². The molecule has 1 aliphatic carbocycles. The fourth-order valence-corrected chi connectivity index (χ4v) is 3.13. The molecule has 3 rings (SSSR count). The fraction of sp³-hybridized carbons (Fsp3) is 0.318. The summed E-state index contributed by atoms with van der Waals surface area (Å²) in [4.78, 5) is 12.8. The Morgan fingerprint density at radius 3 is 2.30 bits per heavy atom. The van der Waals surface area contributed by atoms with E-state index in [1.807, 2.05) is 18.2 Å². The van der Waals surface area contributed by atoms with Gasteiger partial charge >= 0.3 is 0 Å². The van der Waals surface area contributed by atoms with Crippen molar-refractivity contribution in [3.05, 3.63) is 76.4 Å². The Morgan fingerprint density at radius 1 is 0.913 bits per heavy atom. The lowest BCUT2D eigenvalue weighted by Crippen LogP contribution is -2.10. The van der Waals surface area contributed by atoms with E-state index in [0.717, 1.165) is 36.0 Å². The minimum Gasteiger partial charge on any atom is -0.289 e. The summed E-state index contributed by atoms with van der Waals surface area (Å²) < 4.78 is 0. The highest BCUT2D eigenvalue weighted by molar-refractivity contribution is 6.12. The van der Waals surface area contributed by atoms with Crippen molar-refractivity contribution in [2.45, 2.75) is 45.4 Å². The molecule has 0 spiro atoms. The van der Waals surface area contributed by atoms with Gasteiger partial charge in [-0.05, 0) is 47.4 Å². The third-order valence-corrected chi connectivity index (χ3v) is 4.56. The van der Waals surface area contributed by atoms with Crippen LogP contribution in [0, 0.1) is 0 Å². The first-order valence-electron chi connectivity index (χ1n) is 8.39. The van der Waals surface area contributed by atoms with Gasteiger partial charge in [0.15, 0.2) is 5.78 Å². The summed E-state index contributed by atoms with van der Waals surface area (Å²) in [5.74, 6) is 0.193. The third-order valence-electron chi connectivity index (χ3n) is 4.56. The molecule has 2 aromatic carbocycles. The highest BCUT2D eigenvalue weighted by Crippen LogP contribution is 2.27. The van der Waals surface area contributed by atoms with Crippen LogP contribution in [0.1, 0.15) is 60.7 Å². The van der Waals surface area contributed by atoms with E-state index in [1.165, 1.54) is 11.1 Å². The molecule has 0 aromatic heterocycles. The Balaban J connectivity index is 1.92. The number of fused-ring (bicyclic) bond motifs is 1. The fourth-order valence-electron chi connectivity index (χ4n) is 3.13. The van der Waals surface area contributed by atoms with E-state index in [-0.39, 0.29) is 11.2 Å². The lowest BCUT2D eigenvalue weighted by molar-refractivity contribution is 0.103. The standard InChI is InChI=1S/C22H24O/c1-22(2,3)19-13-11-16(12-14-19)15-18-9-6-8-17-7-4-5-10-20(17)21(18)23/h4-5,7,10-15H,6,8-9H2,1-3H3/b18-15-. The summed E-state index contributed by atoms with van der Waals surface area (Å²) in [5.41, 5.74) is 5.57. The molecule has 0 amide bonds. The molecule has 1 nitrogen and oxygen atoms in total. The minimum absolute atomic E-state index is 0.156. The number of carbonyl (C=O) groups is 1. The van der Waals surface area contributed by atoms with Gasteiger partial charge in [0.05, 0.1) is 0 Å². The van der Waals surface area contributed by atoms with Crippen molar-refractivity contribution in [2.75, 3.05) is 0 Å². The Bertz CT molecular complexity index is 742. The van der Waals surface area contributed by atoms with E-state index in [4.69, 9.17) is 0 Å². The summed E-state index contributed by atoms with van der Waals surface area (Å²) in [6.07, 6.45) is 4.95. The van der Waals surface area contributed by atoms with Crippen molar-refractivity contribution in [1.29, 1.82) is 0 Å². The summed E-state index contributed by atoms with van der Waals surface area (Å²) in [7, 11) is 0. The molecule has 0 aliphatic heterocycles. The molecular formula is C22H24O. The van der Waals surface area contributed by atoms with Crippen LogP contribution in [0.4, 0.5) is 0 Å². The molecule has 0 radical (unpaired) electrons. The van der Waals surface area contributed by atoms with Crippen LogP contribution in [0.15, 0.2) is 54.1 Å². The lowest BCUT2D eigenvalue weighted by atomic mass is 9.86. The van der Waals surface area contributed by atoms with Crippen LogP contribution >= 0.6 is 0 Å². The maximum absolute atomic E-state index is 12.8. The first-order valence-corrected chi connectivity index (χ1v) is 8.39. The molecule has 0 heterocycles. The van der Waals surface area contributed by atoms with E-state index >= 15 is 0 Å². The van der Waals surface area contributed by atoms with Gasteiger partial charge in [0.25, 0.3) is 0 Å². The molecule has 0 N–H and O–H groups in total. The number of rotatable bonds is 1. The number of carbonyl (C=O) groups excluding carboxylic acids is 1. The summed E-state index contributed by atoms with van der Waals surface area (Å²) >= 11 is 0. The quantitative estimate of drug-likeness (QED) is 0.496. The van der Waals surface area contributed by atoms with Crippen molar-refractivity contribution in [3.8, 4) is 0 Å². The monoisotopic (exact) mass is 304 g/mol.